The molecule has 0 amide bonds. The summed E-state index contributed by atoms with van der Waals surface area (Å²) in [5, 5.41) is 3.14. The van der Waals surface area contributed by atoms with Crippen LogP contribution in [0, 0.1) is 0 Å². The van der Waals surface area contributed by atoms with Crippen LogP contribution in [-0.2, 0) is 9.53 Å². The number of hydrogen-bond acceptors (Lipinski definition) is 3. The molecule has 0 radical (unpaired) electrons. The van der Waals surface area contributed by atoms with E-state index in [4.69, 9.17) is 4.74 Å². The molecule has 0 aliphatic carbocycles. The van der Waals surface area contributed by atoms with Crippen molar-refractivity contribution in [2.24, 2.45) is 0 Å². The summed E-state index contributed by atoms with van der Waals surface area (Å²) in [6, 6.07) is 0. The lowest BCUT2D eigenvalue weighted by Crippen LogP contribution is -2.06. The number of carbonyl (C=O) groups excluding carboxylic acids is 1. The van der Waals surface area contributed by atoms with Gasteiger partial charge in [0.1, 0.15) is 0 Å². The minimum atomic E-state index is -0.216. The normalized spacial score (nSPS) is 18.9. The monoisotopic (exact) mass is 191 g/mol. The minimum Gasteiger partial charge on any atom is -0.463 e. The van der Waals surface area contributed by atoms with Crippen LogP contribution < -0.4 is 5.32 Å². The van der Waals surface area contributed by atoms with Crippen molar-refractivity contribution in [3.63, 3.8) is 0 Å². The Balaban J connectivity index is 0.00000121. The Morgan fingerprint density at radius 3 is 3.00 bits per heavy atom. The molecule has 0 saturated carbocycles. The van der Waals surface area contributed by atoms with E-state index in [2.05, 4.69) is 5.32 Å². The highest BCUT2D eigenvalue weighted by Gasteiger charge is 2.07. The van der Waals surface area contributed by atoms with Crippen molar-refractivity contribution in [1.82, 2.24) is 5.32 Å². The molecular formula is C8H14ClNO2. The highest BCUT2D eigenvalue weighted by atomic mass is 35.5. The average molecular weight is 192 g/mol. The van der Waals surface area contributed by atoms with Crippen LogP contribution in [0.5, 0.6) is 0 Å². The lowest BCUT2D eigenvalue weighted by Gasteiger charge is -1.96. The molecule has 1 rings (SSSR count). The minimum absolute atomic E-state index is 0. The van der Waals surface area contributed by atoms with E-state index in [-0.39, 0.29) is 18.4 Å². The second kappa shape index (κ2) is 6.03. The second-order valence-electron chi connectivity index (χ2n) is 2.48. The molecule has 0 aromatic carbocycles. The SMILES string of the molecule is CCOC(=O)C=C1CCNC1.Cl. The van der Waals surface area contributed by atoms with Crippen LogP contribution in [-0.4, -0.2) is 25.7 Å². The first kappa shape index (κ1) is 11.5. The summed E-state index contributed by atoms with van der Waals surface area (Å²) in [5.41, 5.74) is 1.14. The zero-order chi connectivity index (χ0) is 8.10. The summed E-state index contributed by atoms with van der Waals surface area (Å²) in [6.45, 7) is 4.07. The number of esters is 1. The van der Waals surface area contributed by atoms with Gasteiger partial charge in [0, 0.05) is 12.6 Å². The topological polar surface area (TPSA) is 38.3 Å². The Morgan fingerprint density at radius 1 is 1.75 bits per heavy atom. The predicted octanol–water partition coefficient (Wildman–Crippen LogP) is 0.891. The van der Waals surface area contributed by atoms with Crippen molar-refractivity contribution in [2.75, 3.05) is 19.7 Å². The smallest absolute Gasteiger partial charge is 0.330 e. The molecule has 1 aliphatic heterocycles. The maximum atomic E-state index is 10.9. The molecule has 1 N–H and O–H groups in total. The fourth-order valence-corrected chi connectivity index (χ4v) is 1.06. The van der Waals surface area contributed by atoms with Crippen molar-refractivity contribution in [1.29, 1.82) is 0 Å². The molecule has 0 aromatic heterocycles. The molecule has 1 aliphatic rings. The molecule has 1 heterocycles. The summed E-state index contributed by atoms with van der Waals surface area (Å²) in [6.07, 6.45) is 2.56. The molecular weight excluding hydrogens is 178 g/mol. The fraction of sp³-hybridized carbons (Fsp3) is 0.625. The second-order valence-corrected chi connectivity index (χ2v) is 2.48. The molecule has 12 heavy (non-hydrogen) atoms. The Hall–Kier alpha value is -0.540. The van der Waals surface area contributed by atoms with Crippen LogP contribution in [0.3, 0.4) is 0 Å². The molecule has 0 spiro atoms. The van der Waals surface area contributed by atoms with Gasteiger partial charge in [-0.2, -0.15) is 0 Å². The van der Waals surface area contributed by atoms with Crippen molar-refractivity contribution in [2.45, 2.75) is 13.3 Å². The largest absolute Gasteiger partial charge is 0.463 e. The van der Waals surface area contributed by atoms with Crippen molar-refractivity contribution < 1.29 is 9.53 Å². The van der Waals surface area contributed by atoms with E-state index < -0.39 is 0 Å². The van der Waals surface area contributed by atoms with E-state index in [1.807, 2.05) is 6.92 Å². The van der Waals surface area contributed by atoms with E-state index in [1.165, 1.54) is 0 Å². The lowest BCUT2D eigenvalue weighted by molar-refractivity contribution is -0.137. The first-order valence-corrected chi connectivity index (χ1v) is 3.90. The molecule has 0 aromatic rings. The van der Waals surface area contributed by atoms with Gasteiger partial charge in [-0.05, 0) is 25.5 Å². The van der Waals surface area contributed by atoms with E-state index in [0.29, 0.717) is 6.61 Å². The summed E-state index contributed by atoms with van der Waals surface area (Å²) in [4.78, 5) is 10.9. The Kier molecular flexibility index (Phi) is 5.76. The molecule has 1 saturated heterocycles. The third kappa shape index (κ3) is 3.74. The highest BCUT2D eigenvalue weighted by molar-refractivity contribution is 5.85. The van der Waals surface area contributed by atoms with Gasteiger partial charge in [-0.1, -0.05) is 0 Å². The number of carbonyl (C=O) groups is 1. The van der Waals surface area contributed by atoms with Crippen molar-refractivity contribution >= 4 is 18.4 Å². The maximum absolute atomic E-state index is 10.9. The van der Waals surface area contributed by atoms with Crippen molar-refractivity contribution in [3.8, 4) is 0 Å². The van der Waals surface area contributed by atoms with Crippen LogP contribution in [0.25, 0.3) is 0 Å². The van der Waals surface area contributed by atoms with Crippen molar-refractivity contribution in [3.05, 3.63) is 11.6 Å². The summed E-state index contributed by atoms with van der Waals surface area (Å²) < 4.78 is 4.76. The summed E-state index contributed by atoms with van der Waals surface area (Å²) >= 11 is 0. The standard InChI is InChI=1S/C8H13NO2.ClH/c1-2-11-8(10)5-7-3-4-9-6-7;/h5,9H,2-4,6H2,1H3;1H. The van der Waals surface area contributed by atoms with Crippen LogP contribution in [0.2, 0.25) is 0 Å². The molecule has 3 nitrogen and oxygen atoms in total. The molecule has 0 unspecified atom stereocenters. The quantitative estimate of drug-likeness (QED) is 0.521. The number of rotatable bonds is 2. The van der Waals surface area contributed by atoms with Gasteiger partial charge in [0.25, 0.3) is 0 Å². The van der Waals surface area contributed by atoms with Gasteiger partial charge in [0.15, 0.2) is 0 Å². The Bertz CT molecular complexity index is 172. The lowest BCUT2D eigenvalue weighted by atomic mass is 10.2. The number of ether oxygens (including phenoxy) is 1. The van der Waals surface area contributed by atoms with Gasteiger partial charge >= 0.3 is 5.97 Å². The van der Waals surface area contributed by atoms with Gasteiger partial charge in [-0.25, -0.2) is 4.79 Å². The third-order valence-corrected chi connectivity index (χ3v) is 1.58. The molecule has 4 heteroatoms. The third-order valence-electron chi connectivity index (χ3n) is 1.58. The van der Waals surface area contributed by atoms with E-state index >= 15 is 0 Å². The average Bonchev–Trinajstić information content (AvgIpc) is 2.40. The van der Waals surface area contributed by atoms with Crippen LogP contribution in [0.15, 0.2) is 11.6 Å². The molecule has 1 fully saturated rings. The Morgan fingerprint density at radius 2 is 2.50 bits per heavy atom. The fourth-order valence-electron chi connectivity index (χ4n) is 1.06. The van der Waals surface area contributed by atoms with Gasteiger partial charge in [-0.3, -0.25) is 0 Å². The maximum Gasteiger partial charge on any atom is 0.330 e. The highest BCUT2D eigenvalue weighted by Crippen LogP contribution is 2.05. The number of nitrogens with one attached hydrogen (secondary N) is 1. The number of hydrogen-bond donors (Lipinski definition) is 1. The summed E-state index contributed by atoms with van der Waals surface area (Å²) in [7, 11) is 0. The van der Waals surface area contributed by atoms with Crippen LogP contribution in [0.1, 0.15) is 13.3 Å². The van der Waals surface area contributed by atoms with E-state index in [1.54, 1.807) is 6.08 Å². The van der Waals surface area contributed by atoms with Crippen LogP contribution >= 0.6 is 12.4 Å². The van der Waals surface area contributed by atoms with E-state index in [9.17, 15) is 4.79 Å². The predicted molar refractivity (Wildman–Crippen MR) is 49.5 cm³/mol. The first-order chi connectivity index (χ1) is 5.33. The van der Waals surface area contributed by atoms with Gasteiger partial charge in [-0.15, -0.1) is 12.4 Å². The Labute approximate surface area is 78.6 Å². The molecule has 0 bridgehead atoms. The molecule has 70 valence electrons. The first-order valence-electron chi connectivity index (χ1n) is 3.90. The molecule has 0 atom stereocenters. The number of halogens is 1. The zero-order valence-corrected chi connectivity index (χ0v) is 7.95. The zero-order valence-electron chi connectivity index (χ0n) is 7.13. The van der Waals surface area contributed by atoms with Gasteiger partial charge < -0.3 is 10.1 Å². The summed E-state index contributed by atoms with van der Waals surface area (Å²) in [5.74, 6) is -0.216. The van der Waals surface area contributed by atoms with Gasteiger partial charge in [0.2, 0.25) is 0 Å². The van der Waals surface area contributed by atoms with Crippen LogP contribution in [0.4, 0.5) is 0 Å². The van der Waals surface area contributed by atoms with E-state index in [0.717, 1.165) is 25.1 Å². The van der Waals surface area contributed by atoms with Gasteiger partial charge in [0.05, 0.1) is 6.61 Å².